The Balaban J connectivity index is 1.80. The van der Waals surface area contributed by atoms with Crippen molar-refractivity contribution >= 4 is 0 Å². The Morgan fingerprint density at radius 3 is 2.37 bits per heavy atom. The van der Waals surface area contributed by atoms with Crippen molar-refractivity contribution in [3.8, 4) is 0 Å². The molecule has 104 valence electrons. The Kier molecular flexibility index (Phi) is 3.90. The van der Waals surface area contributed by atoms with E-state index in [2.05, 4.69) is 35.6 Å². The van der Waals surface area contributed by atoms with Gasteiger partial charge in [-0.2, -0.15) is 0 Å². The lowest BCUT2D eigenvalue weighted by atomic mass is 9.77. The molecule has 2 nitrogen and oxygen atoms in total. The van der Waals surface area contributed by atoms with Crippen molar-refractivity contribution in [2.24, 2.45) is 0 Å². The maximum absolute atomic E-state index is 10.3. The van der Waals surface area contributed by atoms with E-state index in [1.165, 1.54) is 44.1 Å². The molecular weight excluding hydrogens is 234 g/mol. The number of aliphatic hydroxyl groups excluding tert-OH is 1. The molecule has 1 saturated heterocycles. The van der Waals surface area contributed by atoms with E-state index < -0.39 is 0 Å². The summed E-state index contributed by atoms with van der Waals surface area (Å²) in [5, 5.41) is 14.2. The third-order valence-corrected chi connectivity index (χ3v) is 4.88. The van der Waals surface area contributed by atoms with Crippen LogP contribution < -0.4 is 5.32 Å². The van der Waals surface area contributed by atoms with E-state index in [1.54, 1.807) is 0 Å². The number of nitrogens with one attached hydrogen (secondary N) is 1. The molecule has 2 unspecified atom stereocenters. The Morgan fingerprint density at radius 2 is 1.68 bits per heavy atom. The minimum Gasteiger partial charge on any atom is -0.393 e. The summed E-state index contributed by atoms with van der Waals surface area (Å²) in [6.45, 7) is 0. The molecule has 1 aromatic carbocycles. The summed E-state index contributed by atoms with van der Waals surface area (Å²) >= 11 is 0. The van der Waals surface area contributed by atoms with Crippen LogP contribution in [0.5, 0.6) is 0 Å². The smallest absolute Gasteiger partial charge is 0.0576 e. The fraction of sp³-hybridized carbons (Fsp3) is 0.647. The zero-order chi connectivity index (χ0) is 13.1. The molecule has 1 saturated carbocycles. The zero-order valence-corrected chi connectivity index (χ0v) is 11.6. The summed E-state index contributed by atoms with van der Waals surface area (Å²) in [4.78, 5) is 0. The predicted octanol–water partition coefficient (Wildman–Crippen LogP) is 3.57. The lowest BCUT2D eigenvalue weighted by Crippen LogP contribution is -2.53. The van der Waals surface area contributed by atoms with E-state index in [4.69, 9.17) is 0 Å². The van der Waals surface area contributed by atoms with Gasteiger partial charge in [0.1, 0.15) is 0 Å². The van der Waals surface area contributed by atoms with Crippen molar-refractivity contribution in [3.05, 3.63) is 35.9 Å². The fourth-order valence-electron chi connectivity index (χ4n) is 3.95. The third-order valence-electron chi connectivity index (χ3n) is 4.88. The molecule has 3 rings (SSSR count). The van der Waals surface area contributed by atoms with Gasteiger partial charge in [0.15, 0.2) is 0 Å². The normalized spacial score (nSPS) is 31.0. The minimum absolute atomic E-state index is 0.149. The van der Waals surface area contributed by atoms with Gasteiger partial charge in [-0.1, -0.05) is 56.0 Å². The Labute approximate surface area is 116 Å². The second-order valence-corrected chi connectivity index (χ2v) is 6.40. The van der Waals surface area contributed by atoms with Crippen LogP contribution in [0.4, 0.5) is 0 Å². The number of piperidine rings is 1. The van der Waals surface area contributed by atoms with Gasteiger partial charge in [0.2, 0.25) is 0 Å². The van der Waals surface area contributed by atoms with Gasteiger partial charge in [0, 0.05) is 11.6 Å². The van der Waals surface area contributed by atoms with Crippen LogP contribution in [0, 0.1) is 0 Å². The summed E-state index contributed by atoms with van der Waals surface area (Å²) in [5.74, 6) is 0. The molecule has 2 fully saturated rings. The van der Waals surface area contributed by atoms with E-state index in [0.717, 1.165) is 12.8 Å². The van der Waals surface area contributed by atoms with Crippen molar-refractivity contribution in [1.82, 2.24) is 5.32 Å². The average molecular weight is 259 g/mol. The van der Waals surface area contributed by atoms with Crippen LogP contribution in [-0.4, -0.2) is 16.7 Å². The van der Waals surface area contributed by atoms with Crippen molar-refractivity contribution < 1.29 is 5.11 Å². The number of hydrogen-bond acceptors (Lipinski definition) is 2. The maximum Gasteiger partial charge on any atom is 0.0576 e. The highest BCUT2D eigenvalue weighted by Crippen LogP contribution is 2.39. The molecule has 2 atom stereocenters. The Morgan fingerprint density at radius 1 is 1.00 bits per heavy atom. The first kappa shape index (κ1) is 13.1. The SMILES string of the molecule is OC1CC(c2ccccc2)NC2(CCCCCC2)C1. The molecule has 1 spiro atoms. The molecule has 1 aliphatic carbocycles. The standard InChI is InChI=1S/C17H25NO/c19-15-12-16(14-8-4-3-5-9-14)18-17(13-15)10-6-1-2-7-11-17/h3-5,8-9,15-16,18-19H,1-2,6-7,10-13H2. The second kappa shape index (κ2) is 5.64. The van der Waals surface area contributed by atoms with E-state index >= 15 is 0 Å². The third kappa shape index (κ3) is 3.01. The number of hydrogen-bond donors (Lipinski definition) is 2. The molecule has 0 bridgehead atoms. The monoisotopic (exact) mass is 259 g/mol. The van der Waals surface area contributed by atoms with Crippen LogP contribution in [0.15, 0.2) is 30.3 Å². The topological polar surface area (TPSA) is 32.3 Å². The summed E-state index contributed by atoms with van der Waals surface area (Å²) in [6.07, 6.45) is 9.43. The molecule has 0 radical (unpaired) electrons. The van der Waals surface area contributed by atoms with Gasteiger partial charge in [0.25, 0.3) is 0 Å². The van der Waals surface area contributed by atoms with E-state index in [0.29, 0.717) is 6.04 Å². The fourth-order valence-corrected chi connectivity index (χ4v) is 3.95. The largest absolute Gasteiger partial charge is 0.393 e. The first-order chi connectivity index (χ1) is 9.27. The zero-order valence-electron chi connectivity index (χ0n) is 11.6. The molecular formula is C17H25NO. The van der Waals surface area contributed by atoms with Crippen molar-refractivity contribution in [2.45, 2.75) is 69.1 Å². The number of benzene rings is 1. The molecule has 2 heteroatoms. The highest BCUT2D eigenvalue weighted by molar-refractivity contribution is 5.21. The first-order valence-corrected chi connectivity index (χ1v) is 7.78. The molecule has 2 aliphatic rings. The van der Waals surface area contributed by atoms with Gasteiger partial charge < -0.3 is 10.4 Å². The summed E-state index contributed by atoms with van der Waals surface area (Å²) in [7, 11) is 0. The molecule has 2 N–H and O–H groups in total. The molecule has 0 aromatic heterocycles. The molecule has 1 aromatic rings. The van der Waals surface area contributed by atoms with Gasteiger partial charge in [-0.3, -0.25) is 0 Å². The van der Waals surface area contributed by atoms with E-state index in [1.807, 2.05) is 0 Å². The lowest BCUT2D eigenvalue weighted by Gasteiger charge is -2.44. The van der Waals surface area contributed by atoms with Crippen LogP contribution in [0.25, 0.3) is 0 Å². The van der Waals surface area contributed by atoms with Crippen LogP contribution >= 0.6 is 0 Å². The lowest BCUT2D eigenvalue weighted by molar-refractivity contribution is 0.0450. The van der Waals surface area contributed by atoms with Gasteiger partial charge in [0.05, 0.1) is 6.10 Å². The van der Waals surface area contributed by atoms with Gasteiger partial charge in [-0.15, -0.1) is 0 Å². The predicted molar refractivity (Wildman–Crippen MR) is 78.0 cm³/mol. The maximum atomic E-state index is 10.3. The van der Waals surface area contributed by atoms with Crippen LogP contribution in [0.2, 0.25) is 0 Å². The van der Waals surface area contributed by atoms with Gasteiger partial charge in [-0.05, 0) is 31.2 Å². The van der Waals surface area contributed by atoms with E-state index in [9.17, 15) is 5.11 Å². The number of rotatable bonds is 1. The summed E-state index contributed by atoms with van der Waals surface area (Å²) in [5.41, 5.74) is 1.51. The van der Waals surface area contributed by atoms with Gasteiger partial charge >= 0.3 is 0 Å². The highest BCUT2D eigenvalue weighted by atomic mass is 16.3. The van der Waals surface area contributed by atoms with Crippen molar-refractivity contribution in [1.29, 1.82) is 0 Å². The second-order valence-electron chi connectivity index (χ2n) is 6.40. The van der Waals surface area contributed by atoms with Crippen molar-refractivity contribution in [3.63, 3.8) is 0 Å². The molecule has 1 heterocycles. The first-order valence-electron chi connectivity index (χ1n) is 7.78. The quantitative estimate of drug-likeness (QED) is 0.808. The highest BCUT2D eigenvalue weighted by Gasteiger charge is 2.39. The molecule has 0 amide bonds. The van der Waals surface area contributed by atoms with Crippen molar-refractivity contribution in [2.75, 3.05) is 0 Å². The average Bonchev–Trinajstić information content (AvgIpc) is 2.64. The summed E-state index contributed by atoms with van der Waals surface area (Å²) < 4.78 is 0. The van der Waals surface area contributed by atoms with E-state index in [-0.39, 0.29) is 11.6 Å². The molecule has 19 heavy (non-hydrogen) atoms. The Hall–Kier alpha value is -0.860. The summed E-state index contributed by atoms with van der Waals surface area (Å²) in [6, 6.07) is 10.9. The van der Waals surface area contributed by atoms with Crippen LogP contribution in [-0.2, 0) is 0 Å². The van der Waals surface area contributed by atoms with Crippen LogP contribution in [0.1, 0.15) is 63.0 Å². The van der Waals surface area contributed by atoms with Gasteiger partial charge in [-0.25, -0.2) is 0 Å². The molecule has 1 aliphatic heterocycles. The number of aliphatic hydroxyl groups is 1. The van der Waals surface area contributed by atoms with Crippen LogP contribution in [0.3, 0.4) is 0 Å². The Bertz CT molecular complexity index is 395. The minimum atomic E-state index is -0.149.